The Kier molecular flexibility index (Phi) is 2.74. The lowest BCUT2D eigenvalue weighted by molar-refractivity contribution is 0.548. The van der Waals surface area contributed by atoms with E-state index in [-0.39, 0.29) is 11.1 Å². The molecule has 0 radical (unpaired) electrons. The van der Waals surface area contributed by atoms with Gasteiger partial charge in [-0.25, -0.2) is 13.1 Å². The summed E-state index contributed by atoms with van der Waals surface area (Å²) in [5.41, 5.74) is 0. The molecule has 1 N–H and O–H groups in total. The lowest BCUT2D eigenvalue weighted by Crippen LogP contribution is -2.32. The Bertz CT molecular complexity index is 433. The van der Waals surface area contributed by atoms with Gasteiger partial charge in [-0.2, -0.15) is 0 Å². The van der Waals surface area contributed by atoms with Gasteiger partial charge in [0.25, 0.3) is 10.0 Å². The lowest BCUT2D eigenvalue weighted by atomic mass is 10.3. The molecule has 2 rings (SSSR count). The van der Waals surface area contributed by atoms with E-state index in [1.807, 2.05) is 0 Å². The second-order valence-corrected chi connectivity index (χ2v) is 5.49. The topological polar surface area (TPSA) is 76.9 Å². The van der Waals surface area contributed by atoms with Crippen molar-refractivity contribution in [2.45, 2.75) is 36.8 Å². The molecule has 0 amide bonds. The van der Waals surface area contributed by atoms with Crippen LogP contribution in [-0.4, -0.2) is 29.5 Å². The number of rotatable bonds is 3. The van der Waals surface area contributed by atoms with Gasteiger partial charge in [-0.1, -0.05) is 18.1 Å². The van der Waals surface area contributed by atoms with Gasteiger partial charge in [0, 0.05) is 13.1 Å². The Balaban J connectivity index is 2.12. The van der Waals surface area contributed by atoms with E-state index in [9.17, 15) is 8.42 Å². The fraction of sp³-hybridized carbons (Fsp3) is 0.750. The van der Waals surface area contributed by atoms with Crippen molar-refractivity contribution in [2.75, 3.05) is 0 Å². The average molecular weight is 230 g/mol. The van der Waals surface area contributed by atoms with E-state index in [1.54, 1.807) is 7.05 Å². The minimum atomic E-state index is -3.47. The fourth-order valence-electron chi connectivity index (χ4n) is 1.77. The largest absolute Gasteiger partial charge is 0.261 e. The van der Waals surface area contributed by atoms with Crippen molar-refractivity contribution in [2.24, 2.45) is 7.05 Å². The minimum Gasteiger partial charge on any atom is -0.254 e. The van der Waals surface area contributed by atoms with Crippen LogP contribution in [0.25, 0.3) is 0 Å². The van der Waals surface area contributed by atoms with Gasteiger partial charge in [0.05, 0.1) is 6.20 Å². The van der Waals surface area contributed by atoms with Crippen molar-refractivity contribution < 1.29 is 8.42 Å². The van der Waals surface area contributed by atoms with Crippen LogP contribution in [0.1, 0.15) is 25.7 Å². The van der Waals surface area contributed by atoms with E-state index in [2.05, 4.69) is 15.0 Å². The average Bonchev–Trinajstić information content (AvgIpc) is 2.75. The summed E-state index contributed by atoms with van der Waals surface area (Å²) < 4.78 is 27.6. The first kappa shape index (κ1) is 10.6. The van der Waals surface area contributed by atoms with Gasteiger partial charge in [-0.15, -0.1) is 5.10 Å². The Morgan fingerprint density at radius 3 is 2.67 bits per heavy atom. The molecule has 1 fully saturated rings. The highest BCUT2D eigenvalue weighted by Gasteiger charge is 2.24. The van der Waals surface area contributed by atoms with Crippen molar-refractivity contribution in [1.29, 1.82) is 0 Å². The van der Waals surface area contributed by atoms with E-state index < -0.39 is 10.0 Å². The summed E-state index contributed by atoms with van der Waals surface area (Å²) in [5, 5.41) is 7.19. The van der Waals surface area contributed by atoms with Crippen LogP contribution in [0.4, 0.5) is 0 Å². The van der Waals surface area contributed by atoms with E-state index in [4.69, 9.17) is 0 Å². The SMILES string of the molecule is Cn1cc(S(=O)(=O)NC2CCCC2)nn1. The molecular weight excluding hydrogens is 216 g/mol. The van der Waals surface area contributed by atoms with E-state index in [0.717, 1.165) is 25.7 Å². The molecule has 0 bridgehead atoms. The Morgan fingerprint density at radius 1 is 1.47 bits per heavy atom. The van der Waals surface area contributed by atoms with E-state index in [1.165, 1.54) is 10.9 Å². The first-order valence-corrected chi connectivity index (χ1v) is 6.45. The third-order valence-corrected chi connectivity index (χ3v) is 3.92. The summed E-state index contributed by atoms with van der Waals surface area (Å²) in [7, 11) is -1.83. The van der Waals surface area contributed by atoms with E-state index >= 15 is 0 Å². The summed E-state index contributed by atoms with van der Waals surface area (Å²) in [5.74, 6) is 0. The normalized spacial score (nSPS) is 18.5. The zero-order valence-corrected chi connectivity index (χ0v) is 9.37. The molecule has 1 aromatic heterocycles. The zero-order chi connectivity index (χ0) is 10.9. The van der Waals surface area contributed by atoms with Crippen molar-refractivity contribution in [1.82, 2.24) is 19.7 Å². The predicted molar refractivity (Wildman–Crippen MR) is 53.6 cm³/mol. The van der Waals surface area contributed by atoms with Crippen LogP contribution in [0, 0.1) is 0 Å². The molecule has 84 valence electrons. The number of sulfonamides is 1. The smallest absolute Gasteiger partial charge is 0.254 e. The van der Waals surface area contributed by atoms with Crippen LogP contribution in [0.3, 0.4) is 0 Å². The number of nitrogens with zero attached hydrogens (tertiary/aromatic N) is 3. The van der Waals surface area contributed by atoms with Gasteiger partial charge in [-0.05, 0) is 12.8 Å². The minimum absolute atomic E-state index is 0.00287. The molecule has 6 nitrogen and oxygen atoms in total. The first-order chi connectivity index (χ1) is 7.08. The van der Waals surface area contributed by atoms with Crippen molar-refractivity contribution in [3.63, 3.8) is 0 Å². The molecule has 1 aliphatic rings. The predicted octanol–water partition coefficient (Wildman–Crippen LogP) is 0.0360. The highest BCUT2D eigenvalue weighted by Crippen LogP contribution is 2.19. The van der Waals surface area contributed by atoms with Crippen LogP contribution in [0.15, 0.2) is 11.2 Å². The first-order valence-electron chi connectivity index (χ1n) is 4.96. The molecule has 0 spiro atoms. The molecule has 0 atom stereocenters. The van der Waals surface area contributed by atoms with Crippen LogP contribution >= 0.6 is 0 Å². The Labute approximate surface area is 88.7 Å². The second-order valence-electron chi connectivity index (χ2n) is 3.83. The van der Waals surface area contributed by atoms with Crippen LogP contribution in [0.2, 0.25) is 0 Å². The third-order valence-electron chi connectivity index (χ3n) is 2.53. The molecule has 0 saturated heterocycles. The Morgan fingerprint density at radius 2 is 2.13 bits per heavy atom. The molecule has 0 unspecified atom stereocenters. The molecule has 1 saturated carbocycles. The van der Waals surface area contributed by atoms with Gasteiger partial charge in [0.15, 0.2) is 0 Å². The van der Waals surface area contributed by atoms with Crippen LogP contribution in [0.5, 0.6) is 0 Å². The maximum atomic E-state index is 11.8. The summed E-state index contributed by atoms with van der Waals surface area (Å²) >= 11 is 0. The highest BCUT2D eigenvalue weighted by atomic mass is 32.2. The number of hydrogen-bond acceptors (Lipinski definition) is 4. The second kappa shape index (κ2) is 3.90. The third kappa shape index (κ3) is 2.35. The molecule has 0 aromatic carbocycles. The van der Waals surface area contributed by atoms with Crippen molar-refractivity contribution >= 4 is 10.0 Å². The molecule has 1 aromatic rings. The lowest BCUT2D eigenvalue weighted by Gasteiger charge is -2.09. The monoisotopic (exact) mass is 230 g/mol. The summed E-state index contributed by atoms with van der Waals surface area (Å²) in [4.78, 5) is 0. The molecular formula is C8H14N4O2S. The molecule has 7 heteroatoms. The van der Waals surface area contributed by atoms with Gasteiger partial charge in [0.2, 0.25) is 5.03 Å². The zero-order valence-electron chi connectivity index (χ0n) is 8.55. The van der Waals surface area contributed by atoms with Gasteiger partial charge in [-0.3, -0.25) is 4.68 Å². The summed E-state index contributed by atoms with van der Waals surface area (Å²) in [6.07, 6.45) is 5.41. The number of nitrogens with one attached hydrogen (secondary N) is 1. The standard InChI is InChI=1S/C8H14N4O2S/c1-12-6-8(9-11-12)15(13,14)10-7-4-2-3-5-7/h6-7,10H,2-5H2,1H3. The quantitative estimate of drug-likeness (QED) is 0.795. The van der Waals surface area contributed by atoms with Gasteiger partial charge < -0.3 is 0 Å². The fourth-order valence-corrected chi connectivity index (χ4v) is 3.00. The van der Waals surface area contributed by atoms with Crippen LogP contribution < -0.4 is 4.72 Å². The number of hydrogen-bond donors (Lipinski definition) is 1. The Hall–Kier alpha value is -0.950. The maximum absolute atomic E-state index is 11.8. The van der Waals surface area contributed by atoms with Crippen molar-refractivity contribution in [3.05, 3.63) is 6.20 Å². The summed E-state index contributed by atoms with van der Waals surface area (Å²) in [6.45, 7) is 0. The maximum Gasteiger partial charge on any atom is 0.261 e. The van der Waals surface area contributed by atoms with E-state index in [0.29, 0.717) is 0 Å². The molecule has 0 aliphatic heterocycles. The van der Waals surface area contributed by atoms with Crippen molar-refractivity contribution in [3.8, 4) is 0 Å². The van der Waals surface area contributed by atoms with Crippen LogP contribution in [-0.2, 0) is 17.1 Å². The number of aryl methyl sites for hydroxylation is 1. The highest BCUT2D eigenvalue weighted by molar-refractivity contribution is 7.89. The van der Waals surface area contributed by atoms with Gasteiger partial charge in [0.1, 0.15) is 0 Å². The molecule has 1 heterocycles. The number of aromatic nitrogens is 3. The molecule has 15 heavy (non-hydrogen) atoms. The van der Waals surface area contributed by atoms with Gasteiger partial charge >= 0.3 is 0 Å². The molecule has 1 aliphatic carbocycles. The summed E-state index contributed by atoms with van der Waals surface area (Å²) in [6, 6.07) is 0.0667.